The maximum Gasteiger partial charge on any atom is 2.00 e. The first-order valence-corrected chi connectivity index (χ1v) is 7.44. The summed E-state index contributed by atoms with van der Waals surface area (Å²) in [5, 5.41) is 6.94. The Kier molecular flexibility index (Phi) is 9.84. The van der Waals surface area contributed by atoms with Gasteiger partial charge in [0.25, 0.3) is 0 Å². The first kappa shape index (κ1) is 17.9. The Balaban J connectivity index is 0.00000220. The fourth-order valence-corrected chi connectivity index (χ4v) is 2.18. The molecule has 0 spiro atoms. The van der Waals surface area contributed by atoms with Gasteiger partial charge < -0.3 is 10.6 Å². The van der Waals surface area contributed by atoms with Crippen LogP contribution in [0.2, 0.25) is 0 Å². The van der Waals surface area contributed by atoms with E-state index >= 15 is 0 Å². The zero-order chi connectivity index (χ0) is 13.9. The van der Waals surface area contributed by atoms with Gasteiger partial charge in [0.15, 0.2) is 0 Å². The summed E-state index contributed by atoms with van der Waals surface area (Å²) < 4.78 is 0. The van der Waals surface area contributed by atoms with Crippen LogP contribution >= 0.6 is 0 Å². The normalized spacial score (nSPS) is 10.1. The topological polar surface area (TPSA) is 24.1 Å². The number of rotatable bonds is 9. The first-order valence-electron chi connectivity index (χ1n) is 7.44. The first-order chi connectivity index (χ1) is 9.95. The van der Waals surface area contributed by atoms with Crippen molar-refractivity contribution in [1.29, 1.82) is 0 Å². The van der Waals surface area contributed by atoms with E-state index < -0.39 is 0 Å². The second-order valence-electron chi connectivity index (χ2n) is 4.97. The van der Waals surface area contributed by atoms with E-state index in [0.29, 0.717) is 0 Å². The minimum Gasteiger partial charge on any atom is -0.315 e. The van der Waals surface area contributed by atoms with Gasteiger partial charge >= 0.3 is 17.1 Å². The van der Waals surface area contributed by atoms with Crippen molar-refractivity contribution in [1.82, 2.24) is 10.6 Å². The Morgan fingerprint density at radius 2 is 0.905 bits per heavy atom. The second kappa shape index (κ2) is 11.5. The van der Waals surface area contributed by atoms with Crippen molar-refractivity contribution in [3.8, 4) is 0 Å². The molecule has 0 aliphatic rings. The molecule has 0 saturated carbocycles. The van der Waals surface area contributed by atoms with Crippen LogP contribution in [0.5, 0.6) is 0 Å². The van der Waals surface area contributed by atoms with Crippen LogP contribution in [0.1, 0.15) is 11.1 Å². The Morgan fingerprint density at radius 1 is 0.524 bits per heavy atom. The molecule has 0 aromatic heterocycles. The predicted octanol–water partition coefficient (Wildman–Crippen LogP) is 2.65. The smallest absolute Gasteiger partial charge is 0.315 e. The third kappa shape index (κ3) is 8.03. The van der Waals surface area contributed by atoms with Crippen molar-refractivity contribution in [3.05, 3.63) is 71.8 Å². The number of hydrogen-bond donors (Lipinski definition) is 2. The minimum absolute atomic E-state index is 0. The summed E-state index contributed by atoms with van der Waals surface area (Å²) in [7, 11) is 0. The average Bonchev–Trinajstić information content (AvgIpc) is 2.52. The summed E-state index contributed by atoms with van der Waals surface area (Å²) in [6.45, 7) is 4.15. The summed E-state index contributed by atoms with van der Waals surface area (Å²) in [5.74, 6) is 0. The summed E-state index contributed by atoms with van der Waals surface area (Å²) in [4.78, 5) is 0. The Bertz CT molecular complexity index is 414. The molecule has 0 saturated heterocycles. The van der Waals surface area contributed by atoms with Crippen molar-refractivity contribution in [2.24, 2.45) is 0 Å². The van der Waals surface area contributed by atoms with Gasteiger partial charge in [0.2, 0.25) is 0 Å². The number of benzene rings is 2. The van der Waals surface area contributed by atoms with E-state index in [-0.39, 0.29) is 17.1 Å². The molecule has 1 radical (unpaired) electrons. The number of nitrogens with one attached hydrogen (secondary N) is 2. The summed E-state index contributed by atoms with van der Waals surface area (Å²) in [6.07, 6.45) is 2.20. The zero-order valence-corrected chi connectivity index (χ0v) is 13.3. The van der Waals surface area contributed by atoms with E-state index in [4.69, 9.17) is 0 Å². The molecule has 0 bridgehead atoms. The van der Waals surface area contributed by atoms with Crippen LogP contribution in [0.25, 0.3) is 0 Å². The van der Waals surface area contributed by atoms with E-state index in [1.54, 1.807) is 0 Å². The van der Waals surface area contributed by atoms with E-state index in [1.165, 1.54) is 11.1 Å². The van der Waals surface area contributed by atoms with Crippen molar-refractivity contribution in [3.63, 3.8) is 0 Å². The van der Waals surface area contributed by atoms with Gasteiger partial charge in [-0.3, -0.25) is 0 Å². The van der Waals surface area contributed by atoms with Crippen LogP contribution in [0.15, 0.2) is 60.7 Å². The molecule has 2 aromatic rings. The van der Waals surface area contributed by atoms with Gasteiger partial charge in [-0.2, -0.15) is 0 Å². The molecule has 2 nitrogen and oxygen atoms in total. The molecule has 0 amide bonds. The molecule has 2 N–H and O–H groups in total. The molecular formula is C18H24CuN2+2. The van der Waals surface area contributed by atoms with Gasteiger partial charge in [-0.25, -0.2) is 0 Å². The average molecular weight is 332 g/mol. The molecule has 3 heteroatoms. The standard InChI is InChI=1S/C18H24N2.Cu/c1-3-7-17(8-4-1)11-13-19-15-16-20-14-12-18-9-5-2-6-10-18;/h1-10,19-20H,11-16H2;/q;+2. The fourth-order valence-electron chi connectivity index (χ4n) is 2.18. The van der Waals surface area contributed by atoms with Crippen LogP contribution in [-0.4, -0.2) is 26.2 Å². The number of hydrogen-bond acceptors (Lipinski definition) is 2. The second-order valence-corrected chi connectivity index (χ2v) is 4.97. The molecule has 0 unspecified atom stereocenters. The quantitative estimate of drug-likeness (QED) is 0.545. The molecule has 0 heterocycles. The summed E-state index contributed by atoms with van der Waals surface area (Å²) in [5.41, 5.74) is 2.80. The van der Waals surface area contributed by atoms with E-state index in [2.05, 4.69) is 71.3 Å². The largest absolute Gasteiger partial charge is 2.00 e. The molecule has 0 atom stereocenters. The fraction of sp³-hybridized carbons (Fsp3) is 0.333. The molecule has 21 heavy (non-hydrogen) atoms. The predicted molar refractivity (Wildman–Crippen MR) is 86.0 cm³/mol. The van der Waals surface area contributed by atoms with Crippen LogP contribution in [0.3, 0.4) is 0 Å². The summed E-state index contributed by atoms with van der Waals surface area (Å²) >= 11 is 0. The summed E-state index contributed by atoms with van der Waals surface area (Å²) in [6, 6.07) is 21.2. The molecule has 0 aliphatic heterocycles. The Morgan fingerprint density at radius 3 is 1.29 bits per heavy atom. The van der Waals surface area contributed by atoms with Crippen LogP contribution in [0.4, 0.5) is 0 Å². The van der Waals surface area contributed by atoms with Gasteiger partial charge in [-0.05, 0) is 37.1 Å². The van der Waals surface area contributed by atoms with Gasteiger partial charge in [0.1, 0.15) is 0 Å². The van der Waals surface area contributed by atoms with E-state index in [9.17, 15) is 0 Å². The Labute approximate surface area is 138 Å². The molecule has 2 aromatic carbocycles. The van der Waals surface area contributed by atoms with Crippen LogP contribution in [0, 0.1) is 0 Å². The van der Waals surface area contributed by atoms with Gasteiger partial charge in [-0.1, -0.05) is 60.7 Å². The van der Waals surface area contributed by atoms with Gasteiger partial charge in [0.05, 0.1) is 0 Å². The van der Waals surface area contributed by atoms with E-state index in [1.807, 2.05) is 0 Å². The van der Waals surface area contributed by atoms with Crippen molar-refractivity contribution < 1.29 is 17.1 Å². The monoisotopic (exact) mass is 331 g/mol. The molecule has 2 rings (SSSR count). The van der Waals surface area contributed by atoms with Crippen molar-refractivity contribution in [2.45, 2.75) is 12.8 Å². The molecule has 115 valence electrons. The SMILES string of the molecule is [Cu+2].c1ccc(CCNCCNCCc2ccccc2)cc1. The zero-order valence-electron chi connectivity index (χ0n) is 12.3. The van der Waals surface area contributed by atoms with Gasteiger partial charge in [0, 0.05) is 13.1 Å². The van der Waals surface area contributed by atoms with Crippen molar-refractivity contribution >= 4 is 0 Å². The maximum atomic E-state index is 3.47. The molecular weight excluding hydrogens is 308 g/mol. The van der Waals surface area contributed by atoms with Crippen LogP contribution < -0.4 is 10.6 Å². The van der Waals surface area contributed by atoms with Crippen LogP contribution in [-0.2, 0) is 29.9 Å². The third-order valence-electron chi connectivity index (χ3n) is 3.35. The third-order valence-corrected chi connectivity index (χ3v) is 3.35. The Hall–Kier alpha value is -1.12. The maximum absolute atomic E-state index is 3.47. The van der Waals surface area contributed by atoms with Gasteiger partial charge in [-0.15, -0.1) is 0 Å². The van der Waals surface area contributed by atoms with E-state index in [0.717, 1.165) is 39.0 Å². The van der Waals surface area contributed by atoms with Crippen molar-refractivity contribution in [2.75, 3.05) is 26.2 Å². The minimum atomic E-state index is 0. The molecule has 0 aliphatic carbocycles. The molecule has 0 fully saturated rings.